The van der Waals surface area contributed by atoms with Crippen LogP contribution in [0.3, 0.4) is 0 Å². The van der Waals surface area contributed by atoms with E-state index >= 15 is 0 Å². The van der Waals surface area contributed by atoms with Crippen molar-refractivity contribution in [1.82, 2.24) is 10.0 Å². The van der Waals surface area contributed by atoms with Crippen molar-refractivity contribution in [1.29, 1.82) is 0 Å². The van der Waals surface area contributed by atoms with Crippen molar-refractivity contribution in [2.45, 2.75) is 19.8 Å². The Morgan fingerprint density at radius 1 is 1.03 bits per heavy atom. The van der Waals surface area contributed by atoms with E-state index in [0.717, 1.165) is 39.8 Å². The maximum absolute atomic E-state index is 12.7. The van der Waals surface area contributed by atoms with E-state index < -0.39 is 10.0 Å². The molecule has 0 spiro atoms. The van der Waals surface area contributed by atoms with Gasteiger partial charge in [-0.2, -0.15) is 0 Å². The normalized spacial score (nSPS) is 15.2. The van der Waals surface area contributed by atoms with Crippen LogP contribution in [0.25, 0.3) is 33.6 Å². The number of amides is 1. The molecule has 2 aliphatic rings. The first-order chi connectivity index (χ1) is 17.6. The van der Waals surface area contributed by atoms with E-state index in [9.17, 15) is 18.0 Å². The van der Waals surface area contributed by atoms with Gasteiger partial charge >= 0.3 is 0 Å². The Kier molecular flexibility index (Phi) is 6.35. The van der Waals surface area contributed by atoms with Gasteiger partial charge in [0.25, 0.3) is 0 Å². The van der Waals surface area contributed by atoms with Gasteiger partial charge in [0.15, 0.2) is 5.78 Å². The molecule has 2 aromatic carbocycles. The minimum absolute atomic E-state index is 0.211. The van der Waals surface area contributed by atoms with Gasteiger partial charge in [-0.15, -0.1) is 0 Å². The van der Waals surface area contributed by atoms with Crippen LogP contribution in [0.15, 0.2) is 59.2 Å². The highest BCUT2D eigenvalue weighted by Gasteiger charge is 2.25. The molecule has 5 rings (SSSR count). The molecular weight excluding hydrogens is 492 g/mol. The molecule has 2 heterocycles. The van der Waals surface area contributed by atoms with Gasteiger partial charge in [0.1, 0.15) is 17.3 Å². The molecule has 1 aromatic heterocycles. The number of sulfonamides is 1. The van der Waals surface area contributed by atoms with E-state index in [1.807, 2.05) is 49.4 Å². The number of fused-ring (bicyclic) bond motifs is 1. The number of carbonyl (C=O) groups is 2. The van der Waals surface area contributed by atoms with Gasteiger partial charge in [0, 0.05) is 23.9 Å². The van der Waals surface area contributed by atoms with Crippen molar-refractivity contribution in [2.75, 3.05) is 19.9 Å². The quantitative estimate of drug-likeness (QED) is 0.459. The summed E-state index contributed by atoms with van der Waals surface area (Å²) in [5.41, 5.74) is 6.35. The lowest BCUT2D eigenvalue weighted by Gasteiger charge is -2.19. The summed E-state index contributed by atoms with van der Waals surface area (Å²) in [6.07, 6.45) is 5.07. The molecule has 0 saturated heterocycles. The SMILES string of the molecule is COc1c(-c2ccc3c(c2)CC=C3CNS(C)(=O)=O)cc(C2=CNC(=O)CC2=O)cc1-c1ccc(C)o1. The van der Waals surface area contributed by atoms with Crippen molar-refractivity contribution in [3.63, 3.8) is 0 Å². The molecule has 0 bridgehead atoms. The average molecular weight is 519 g/mol. The van der Waals surface area contributed by atoms with Gasteiger partial charge in [0.05, 0.1) is 25.3 Å². The standard InChI is InChI=1S/C28H26N2O6S/c1-16-4-9-26(36-16)23-12-20(24-15-29-27(32)13-25(24)31)11-22(28(23)35-2)18-7-8-21-17(10-18)5-6-19(21)14-30-37(3,33)34/h4,6-12,15,30H,5,13-14H2,1-3H3,(H,29,32). The molecule has 0 unspecified atom stereocenters. The van der Waals surface area contributed by atoms with Gasteiger partial charge in [-0.25, -0.2) is 13.1 Å². The number of allylic oxidation sites excluding steroid dienone is 2. The Morgan fingerprint density at radius 3 is 2.49 bits per heavy atom. The molecule has 0 fully saturated rings. The molecule has 0 radical (unpaired) electrons. The zero-order valence-electron chi connectivity index (χ0n) is 20.7. The Bertz CT molecular complexity index is 1610. The Morgan fingerprint density at radius 2 is 1.81 bits per heavy atom. The second-order valence-electron chi connectivity index (χ2n) is 9.14. The van der Waals surface area contributed by atoms with Crippen LogP contribution < -0.4 is 14.8 Å². The molecule has 37 heavy (non-hydrogen) atoms. The van der Waals surface area contributed by atoms with Gasteiger partial charge in [-0.3, -0.25) is 9.59 Å². The molecule has 190 valence electrons. The number of furan rings is 1. The third-order valence-electron chi connectivity index (χ3n) is 6.46. The summed E-state index contributed by atoms with van der Waals surface area (Å²) < 4.78 is 37.4. The third-order valence-corrected chi connectivity index (χ3v) is 7.13. The van der Waals surface area contributed by atoms with E-state index in [2.05, 4.69) is 16.1 Å². The Labute approximate surface area is 215 Å². The molecule has 9 heteroatoms. The first-order valence-electron chi connectivity index (χ1n) is 11.7. The first kappa shape index (κ1) is 24.7. The molecule has 2 N–H and O–H groups in total. The van der Waals surface area contributed by atoms with Crippen molar-refractivity contribution in [3.8, 4) is 28.2 Å². The van der Waals surface area contributed by atoms with Crippen LogP contribution in [-0.2, 0) is 26.0 Å². The fourth-order valence-corrected chi connectivity index (χ4v) is 5.13. The maximum Gasteiger partial charge on any atom is 0.231 e. The Balaban J connectivity index is 1.62. The molecule has 1 aliphatic carbocycles. The average Bonchev–Trinajstić information content (AvgIpc) is 3.47. The van der Waals surface area contributed by atoms with Crippen LogP contribution in [0.4, 0.5) is 0 Å². The predicted molar refractivity (Wildman–Crippen MR) is 141 cm³/mol. The number of ketones is 1. The lowest BCUT2D eigenvalue weighted by atomic mass is 9.90. The highest BCUT2D eigenvalue weighted by Crippen LogP contribution is 2.43. The van der Waals surface area contributed by atoms with Gasteiger partial charge in [0.2, 0.25) is 15.9 Å². The monoisotopic (exact) mass is 518 g/mol. The van der Waals surface area contributed by atoms with Gasteiger partial charge in [-0.05, 0) is 65.4 Å². The Hall–Kier alpha value is -3.95. The summed E-state index contributed by atoms with van der Waals surface area (Å²) in [5.74, 6) is 1.33. The number of benzene rings is 2. The van der Waals surface area contributed by atoms with Crippen LogP contribution in [0.2, 0.25) is 0 Å². The fourth-order valence-electron chi connectivity index (χ4n) is 4.71. The second kappa shape index (κ2) is 9.49. The summed E-state index contributed by atoms with van der Waals surface area (Å²) in [5, 5.41) is 2.64. The summed E-state index contributed by atoms with van der Waals surface area (Å²) in [4.78, 5) is 24.5. The fraction of sp³-hybridized carbons (Fsp3) is 0.214. The summed E-state index contributed by atoms with van der Waals surface area (Å²) in [6.45, 7) is 2.08. The van der Waals surface area contributed by atoms with E-state index in [1.54, 1.807) is 7.11 Å². The smallest absolute Gasteiger partial charge is 0.231 e. The highest BCUT2D eigenvalue weighted by molar-refractivity contribution is 7.88. The number of hydrogen-bond acceptors (Lipinski definition) is 6. The van der Waals surface area contributed by atoms with Crippen LogP contribution in [0.5, 0.6) is 5.75 Å². The number of carbonyl (C=O) groups excluding carboxylic acids is 2. The van der Waals surface area contributed by atoms with Crippen molar-refractivity contribution >= 4 is 32.9 Å². The minimum Gasteiger partial charge on any atom is -0.495 e. The van der Waals surface area contributed by atoms with Crippen molar-refractivity contribution in [2.24, 2.45) is 0 Å². The number of ether oxygens (including phenoxy) is 1. The molecule has 0 saturated carbocycles. The predicted octanol–water partition coefficient (Wildman–Crippen LogP) is 3.85. The van der Waals surface area contributed by atoms with Crippen molar-refractivity contribution < 1.29 is 27.2 Å². The maximum atomic E-state index is 12.7. The zero-order valence-corrected chi connectivity index (χ0v) is 21.5. The summed E-state index contributed by atoms with van der Waals surface area (Å²) >= 11 is 0. The van der Waals surface area contributed by atoms with E-state index in [-0.39, 0.29) is 24.7 Å². The zero-order chi connectivity index (χ0) is 26.3. The molecular formula is C28H26N2O6S. The molecule has 1 aliphatic heterocycles. The largest absolute Gasteiger partial charge is 0.495 e. The third kappa shape index (κ3) is 5.00. The minimum atomic E-state index is -3.30. The van der Waals surface area contributed by atoms with Crippen LogP contribution >= 0.6 is 0 Å². The topological polar surface area (TPSA) is 115 Å². The number of methoxy groups -OCH3 is 1. The van der Waals surface area contributed by atoms with E-state index in [4.69, 9.17) is 9.15 Å². The van der Waals surface area contributed by atoms with Crippen LogP contribution in [0.1, 0.15) is 28.9 Å². The lowest BCUT2D eigenvalue weighted by Crippen LogP contribution is -2.27. The first-order valence-corrected chi connectivity index (χ1v) is 13.6. The number of aryl methyl sites for hydroxylation is 1. The molecule has 1 amide bonds. The number of hydrogen-bond donors (Lipinski definition) is 2. The molecule has 3 aromatic rings. The molecule has 8 nitrogen and oxygen atoms in total. The highest BCUT2D eigenvalue weighted by atomic mass is 32.2. The lowest BCUT2D eigenvalue weighted by molar-refractivity contribution is -0.125. The molecule has 0 atom stereocenters. The van der Waals surface area contributed by atoms with Crippen LogP contribution in [-0.4, -0.2) is 40.0 Å². The van der Waals surface area contributed by atoms with Gasteiger partial charge < -0.3 is 14.5 Å². The number of rotatable bonds is 7. The van der Waals surface area contributed by atoms with Crippen LogP contribution in [0, 0.1) is 6.92 Å². The number of Topliss-reactive ketones (excluding diaryl/α,β-unsaturated/α-hetero) is 1. The summed E-state index contributed by atoms with van der Waals surface area (Å²) in [6, 6.07) is 13.4. The van der Waals surface area contributed by atoms with E-state index in [1.165, 1.54) is 6.20 Å². The summed E-state index contributed by atoms with van der Waals surface area (Å²) in [7, 11) is -1.71. The number of nitrogens with one attached hydrogen (secondary N) is 2. The van der Waals surface area contributed by atoms with E-state index in [0.29, 0.717) is 34.6 Å². The second-order valence-corrected chi connectivity index (χ2v) is 11.0. The van der Waals surface area contributed by atoms with Gasteiger partial charge in [-0.1, -0.05) is 24.3 Å². The van der Waals surface area contributed by atoms with Crippen molar-refractivity contribution in [3.05, 3.63) is 77.2 Å².